The molecule has 4 heteroatoms. The third-order valence-corrected chi connectivity index (χ3v) is 3.47. The van der Waals surface area contributed by atoms with Crippen LogP contribution in [0.15, 0.2) is 0 Å². The Hall–Kier alpha value is -0.450. The monoisotopic (exact) mass is 200 g/mol. The van der Waals surface area contributed by atoms with Crippen LogP contribution in [0.1, 0.15) is 41.4 Å². The van der Waals surface area contributed by atoms with Gasteiger partial charge in [-0.3, -0.25) is 0 Å². The van der Waals surface area contributed by atoms with E-state index in [4.69, 9.17) is 10.8 Å². The van der Waals surface area contributed by atoms with E-state index in [1.807, 2.05) is 6.92 Å². The summed E-state index contributed by atoms with van der Waals surface area (Å²) >= 11 is 1.60. The molecule has 0 aliphatic rings. The third kappa shape index (κ3) is 2.27. The van der Waals surface area contributed by atoms with Crippen molar-refractivity contribution in [1.29, 1.82) is 0 Å². The van der Waals surface area contributed by atoms with E-state index in [9.17, 15) is 0 Å². The van der Waals surface area contributed by atoms with Crippen LogP contribution in [-0.2, 0) is 0 Å². The highest BCUT2D eigenvalue weighted by Crippen LogP contribution is 2.27. The SMILES string of the molecule is Cc1nc(C(C)C)sc1C(N)CO. The second kappa shape index (κ2) is 4.17. The number of aliphatic hydroxyl groups is 1. The molecule has 3 N–H and O–H groups in total. The van der Waals surface area contributed by atoms with Gasteiger partial charge in [-0.15, -0.1) is 11.3 Å². The molecule has 1 rings (SSSR count). The van der Waals surface area contributed by atoms with Crippen LogP contribution < -0.4 is 5.73 Å². The standard InChI is InChI=1S/C9H16N2OS/c1-5(2)9-11-6(3)8(13-9)7(10)4-12/h5,7,12H,4,10H2,1-3H3. The first-order chi connectivity index (χ1) is 6.06. The summed E-state index contributed by atoms with van der Waals surface area (Å²) in [5.74, 6) is 0.434. The Kier molecular flexibility index (Phi) is 3.41. The first-order valence-electron chi connectivity index (χ1n) is 4.40. The first kappa shape index (κ1) is 10.6. The highest BCUT2D eigenvalue weighted by atomic mass is 32.1. The Labute approximate surface area is 82.6 Å². The number of nitrogens with two attached hydrogens (primary N) is 1. The lowest BCUT2D eigenvalue weighted by Crippen LogP contribution is -2.13. The van der Waals surface area contributed by atoms with Crippen molar-refractivity contribution in [3.63, 3.8) is 0 Å². The van der Waals surface area contributed by atoms with E-state index >= 15 is 0 Å². The topological polar surface area (TPSA) is 59.1 Å². The third-order valence-electron chi connectivity index (χ3n) is 1.88. The molecule has 0 spiro atoms. The molecule has 0 saturated carbocycles. The molecular weight excluding hydrogens is 184 g/mol. The minimum atomic E-state index is -0.273. The molecule has 3 nitrogen and oxygen atoms in total. The summed E-state index contributed by atoms with van der Waals surface area (Å²) in [5, 5.41) is 10.0. The number of rotatable bonds is 3. The predicted molar refractivity (Wildman–Crippen MR) is 55.0 cm³/mol. The molecule has 1 aromatic heterocycles. The molecule has 13 heavy (non-hydrogen) atoms. The van der Waals surface area contributed by atoms with E-state index in [0.717, 1.165) is 15.6 Å². The predicted octanol–water partition coefficient (Wildman–Crippen LogP) is 1.57. The zero-order valence-corrected chi connectivity index (χ0v) is 9.06. The van der Waals surface area contributed by atoms with E-state index in [1.54, 1.807) is 11.3 Å². The quantitative estimate of drug-likeness (QED) is 0.778. The number of aromatic nitrogens is 1. The van der Waals surface area contributed by atoms with Crippen molar-refractivity contribution in [2.45, 2.75) is 32.7 Å². The Morgan fingerprint density at radius 2 is 2.15 bits per heavy atom. The van der Waals surface area contributed by atoms with Crippen LogP contribution in [0.5, 0.6) is 0 Å². The highest BCUT2D eigenvalue weighted by Gasteiger charge is 2.15. The molecule has 74 valence electrons. The maximum atomic E-state index is 8.91. The van der Waals surface area contributed by atoms with Crippen LogP contribution in [0.2, 0.25) is 0 Å². The van der Waals surface area contributed by atoms with Gasteiger partial charge < -0.3 is 10.8 Å². The summed E-state index contributed by atoms with van der Waals surface area (Å²) < 4.78 is 0. The van der Waals surface area contributed by atoms with Gasteiger partial charge >= 0.3 is 0 Å². The van der Waals surface area contributed by atoms with E-state index in [-0.39, 0.29) is 12.6 Å². The minimum Gasteiger partial charge on any atom is -0.394 e. The normalized spacial score (nSPS) is 13.7. The van der Waals surface area contributed by atoms with Crippen LogP contribution >= 0.6 is 11.3 Å². The highest BCUT2D eigenvalue weighted by molar-refractivity contribution is 7.11. The Morgan fingerprint density at radius 3 is 2.54 bits per heavy atom. The van der Waals surface area contributed by atoms with Crippen molar-refractivity contribution in [3.05, 3.63) is 15.6 Å². The van der Waals surface area contributed by atoms with Gasteiger partial charge in [0, 0.05) is 10.8 Å². The van der Waals surface area contributed by atoms with Gasteiger partial charge in [0.2, 0.25) is 0 Å². The van der Waals surface area contributed by atoms with E-state index in [0.29, 0.717) is 5.92 Å². The van der Waals surface area contributed by atoms with Gasteiger partial charge in [0.15, 0.2) is 0 Å². The van der Waals surface area contributed by atoms with Crippen molar-refractivity contribution >= 4 is 11.3 Å². The molecular formula is C9H16N2OS. The number of aryl methyl sites for hydroxylation is 1. The van der Waals surface area contributed by atoms with E-state index < -0.39 is 0 Å². The fraction of sp³-hybridized carbons (Fsp3) is 0.667. The molecule has 1 heterocycles. The van der Waals surface area contributed by atoms with Gasteiger partial charge in [-0.1, -0.05) is 13.8 Å². The molecule has 1 unspecified atom stereocenters. The van der Waals surface area contributed by atoms with E-state index in [1.165, 1.54) is 0 Å². The molecule has 0 amide bonds. The van der Waals surface area contributed by atoms with Gasteiger partial charge in [0.1, 0.15) is 0 Å². The number of hydrogen-bond acceptors (Lipinski definition) is 4. The van der Waals surface area contributed by atoms with Crippen LogP contribution in [0, 0.1) is 6.92 Å². The lowest BCUT2D eigenvalue weighted by Gasteiger charge is -2.04. The number of thiazole rings is 1. The molecule has 0 aliphatic carbocycles. The largest absolute Gasteiger partial charge is 0.394 e. The fourth-order valence-corrected chi connectivity index (χ4v) is 2.17. The lowest BCUT2D eigenvalue weighted by atomic mass is 10.2. The molecule has 1 atom stereocenters. The summed E-state index contributed by atoms with van der Waals surface area (Å²) in [6.45, 7) is 6.13. The molecule has 0 radical (unpaired) electrons. The van der Waals surface area contributed by atoms with Crippen LogP contribution in [0.4, 0.5) is 0 Å². The second-order valence-corrected chi connectivity index (χ2v) is 4.51. The summed E-state index contributed by atoms with van der Waals surface area (Å²) in [5.41, 5.74) is 6.68. The summed E-state index contributed by atoms with van der Waals surface area (Å²) in [4.78, 5) is 5.41. The summed E-state index contributed by atoms with van der Waals surface area (Å²) in [7, 11) is 0. The smallest absolute Gasteiger partial charge is 0.0957 e. The van der Waals surface area contributed by atoms with Crippen LogP contribution in [0.25, 0.3) is 0 Å². The van der Waals surface area contributed by atoms with Crippen molar-refractivity contribution in [1.82, 2.24) is 4.98 Å². The molecule has 0 aliphatic heterocycles. The average Bonchev–Trinajstić information content (AvgIpc) is 2.46. The first-order valence-corrected chi connectivity index (χ1v) is 5.21. The molecule has 0 aromatic carbocycles. The van der Waals surface area contributed by atoms with Crippen molar-refractivity contribution in [3.8, 4) is 0 Å². The summed E-state index contributed by atoms with van der Waals surface area (Å²) in [6.07, 6.45) is 0. The summed E-state index contributed by atoms with van der Waals surface area (Å²) in [6, 6.07) is -0.273. The Bertz CT molecular complexity index is 283. The van der Waals surface area contributed by atoms with Gasteiger partial charge in [0.25, 0.3) is 0 Å². The van der Waals surface area contributed by atoms with Gasteiger partial charge in [-0.25, -0.2) is 4.98 Å². The fourth-order valence-electron chi connectivity index (χ4n) is 1.10. The molecule has 0 bridgehead atoms. The molecule has 0 fully saturated rings. The van der Waals surface area contributed by atoms with Crippen molar-refractivity contribution < 1.29 is 5.11 Å². The van der Waals surface area contributed by atoms with Gasteiger partial charge in [-0.2, -0.15) is 0 Å². The maximum absolute atomic E-state index is 8.91. The number of hydrogen-bond donors (Lipinski definition) is 2. The van der Waals surface area contributed by atoms with Crippen LogP contribution in [0.3, 0.4) is 0 Å². The maximum Gasteiger partial charge on any atom is 0.0957 e. The minimum absolute atomic E-state index is 0.0133. The van der Waals surface area contributed by atoms with Crippen LogP contribution in [-0.4, -0.2) is 16.7 Å². The van der Waals surface area contributed by atoms with Gasteiger partial charge in [0.05, 0.1) is 23.4 Å². The van der Waals surface area contributed by atoms with E-state index in [2.05, 4.69) is 18.8 Å². The molecule has 1 aromatic rings. The number of aliphatic hydroxyl groups excluding tert-OH is 1. The van der Waals surface area contributed by atoms with Crippen molar-refractivity contribution in [2.24, 2.45) is 5.73 Å². The second-order valence-electron chi connectivity index (χ2n) is 3.45. The lowest BCUT2D eigenvalue weighted by molar-refractivity contribution is 0.269. The van der Waals surface area contributed by atoms with Gasteiger partial charge in [-0.05, 0) is 6.92 Å². The zero-order chi connectivity index (χ0) is 10.0. The molecule has 0 saturated heterocycles. The number of nitrogens with zero attached hydrogens (tertiary/aromatic N) is 1. The van der Waals surface area contributed by atoms with Crippen molar-refractivity contribution in [2.75, 3.05) is 6.61 Å². The average molecular weight is 200 g/mol. The zero-order valence-electron chi connectivity index (χ0n) is 8.24. The Balaban J connectivity index is 2.96. The Morgan fingerprint density at radius 1 is 1.54 bits per heavy atom.